The molecule has 1 aromatic carbocycles. The first-order valence-corrected chi connectivity index (χ1v) is 4.37. The van der Waals surface area contributed by atoms with E-state index < -0.39 is 0 Å². The summed E-state index contributed by atoms with van der Waals surface area (Å²) in [5.41, 5.74) is 5.51. The van der Waals surface area contributed by atoms with Gasteiger partial charge < -0.3 is 15.6 Å². The molecule has 0 radical (unpaired) electrons. The maximum Gasteiger partial charge on any atom is 0.119 e. The second-order valence-electron chi connectivity index (χ2n) is 2.89. The molecule has 1 rings (SSSR count). The third-order valence-corrected chi connectivity index (χ3v) is 1.74. The van der Waals surface area contributed by atoms with Gasteiger partial charge in [-0.1, -0.05) is 18.2 Å². The number of hydrogen-bond acceptors (Lipinski definition) is 3. The van der Waals surface area contributed by atoms with E-state index in [4.69, 9.17) is 15.6 Å². The van der Waals surface area contributed by atoms with Crippen molar-refractivity contribution in [2.45, 2.75) is 12.5 Å². The Morgan fingerprint density at radius 1 is 1.31 bits per heavy atom. The zero-order valence-corrected chi connectivity index (χ0v) is 7.52. The van der Waals surface area contributed by atoms with Crippen molar-refractivity contribution in [2.75, 3.05) is 13.2 Å². The Bertz CT molecular complexity index is 226. The summed E-state index contributed by atoms with van der Waals surface area (Å²) in [5.74, 6) is 0.840. The fraction of sp³-hybridized carbons (Fsp3) is 0.400. The molecule has 13 heavy (non-hydrogen) atoms. The van der Waals surface area contributed by atoms with Crippen molar-refractivity contribution in [1.29, 1.82) is 0 Å². The largest absolute Gasteiger partial charge is 0.494 e. The van der Waals surface area contributed by atoms with Crippen LogP contribution in [-0.4, -0.2) is 24.4 Å². The number of benzene rings is 1. The van der Waals surface area contributed by atoms with Crippen LogP contribution in [0.1, 0.15) is 6.42 Å². The van der Waals surface area contributed by atoms with Crippen molar-refractivity contribution in [3.63, 3.8) is 0 Å². The molecule has 0 aliphatic carbocycles. The average Bonchev–Trinajstić information content (AvgIpc) is 2.19. The van der Waals surface area contributed by atoms with E-state index in [0.717, 1.165) is 5.75 Å². The minimum Gasteiger partial charge on any atom is -0.494 e. The van der Waals surface area contributed by atoms with Crippen LogP contribution >= 0.6 is 0 Å². The summed E-state index contributed by atoms with van der Waals surface area (Å²) in [4.78, 5) is 0. The first kappa shape index (κ1) is 10.0. The third kappa shape index (κ3) is 3.92. The Morgan fingerprint density at radius 2 is 2.00 bits per heavy atom. The molecule has 0 heterocycles. The number of ether oxygens (including phenoxy) is 1. The monoisotopic (exact) mass is 181 g/mol. The van der Waals surface area contributed by atoms with Gasteiger partial charge in [0.1, 0.15) is 5.75 Å². The van der Waals surface area contributed by atoms with Gasteiger partial charge in [-0.05, 0) is 18.6 Å². The lowest BCUT2D eigenvalue weighted by atomic mass is 10.2. The van der Waals surface area contributed by atoms with Gasteiger partial charge in [-0.3, -0.25) is 0 Å². The smallest absolute Gasteiger partial charge is 0.119 e. The molecule has 0 saturated carbocycles. The Morgan fingerprint density at radius 3 is 2.62 bits per heavy atom. The lowest BCUT2D eigenvalue weighted by Crippen LogP contribution is -2.26. The van der Waals surface area contributed by atoms with Gasteiger partial charge in [-0.2, -0.15) is 0 Å². The number of para-hydroxylation sites is 1. The second-order valence-corrected chi connectivity index (χ2v) is 2.89. The molecular formula is C10H15NO2. The van der Waals surface area contributed by atoms with Gasteiger partial charge in [-0.25, -0.2) is 0 Å². The quantitative estimate of drug-likeness (QED) is 0.705. The van der Waals surface area contributed by atoms with Crippen molar-refractivity contribution >= 4 is 0 Å². The molecule has 0 amide bonds. The SMILES string of the molecule is NC(CO)CCOc1ccccc1. The highest BCUT2D eigenvalue weighted by Crippen LogP contribution is 2.08. The maximum atomic E-state index is 8.65. The van der Waals surface area contributed by atoms with E-state index in [-0.39, 0.29) is 12.6 Å². The van der Waals surface area contributed by atoms with Crippen molar-refractivity contribution in [3.8, 4) is 5.75 Å². The van der Waals surface area contributed by atoms with E-state index in [1.807, 2.05) is 30.3 Å². The van der Waals surface area contributed by atoms with E-state index in [1.165, 1.54) is 0 Å². The highest BCUT2D eigenvalue weighted by atomic mass is 16.5. The molecule has 72 valence electrons. The summed E-state index contributed by atoms with van der Waals surface area (Å²) in [6.07, 6.45) is 0.672. The van der Waals surface area contributed by atoms with Gasteiger partial charge in [0.15, 0.2) is 0 Å². The Kier molecular flexibility index (Phi) is 4.29. The topological polar surface area (TPSA) is 55.5 Å². The summed E-state index contributed by atoms with van der Waals surface area (Å²) in [5, 5.41) is 8.65. The molecule has 1 aromatic rings. The first-order chi connectivity index (χ1) is 6.33. The van der Waals surface area contributed by atoms with E-state index in [9.17, 15) is 0 Å². The Hall–Kier alpha value is -1.06. The summed E-state index contributed by atoms with van der Waals surface area (Å²) in [6, 6.07) is 9.38. The van der Waals surface area contributed by atoms with Crippen molar-refractivity contribution < 1.29 is 9.84 Å². The first-order valence-electron chi connectivity index (χ1n) is 4.37. The van der Waals surface area contributed by atoms with Crippen molar-refractivity contribution in [3.05, 3.63) is 30.3 Å². The number of aliphatic hydroxyl groups is 1. The highest BCUT2D eigenvalue weighted by Gasteiger charge is 1.99. The van der Waals surface area contributed by atoms with Crippen molar-refractivity contribution in [1.82, 2.24) is 0 Å². The van der Waals surface area contributed by atoms with Crippen LogP contribution in [0.15, 0.2) is 30.3 Å². The molecule has 3 nitrogen and oxygen atoms in total. The molecule has 0 aromatic heterocycles. The molecule has 1 atom stereocenters. The third-order valence-electron chi connectivity index (χ3n) is 1.74. The molecule has 0 spiro atoms. The molecule has 0 aliphatic rings. The van der Waals surface area contributed by atoms with Crippen LogP contribution in [0.2, 0.25) is 0 Å². The molecule has 0 fully saturated rings. The van der Waals surface area contributed by atoms with Crippen molar-refractivity contribution in [2.24, 2.45) is 5.73 Å². The van der Waals surface area contributed by atoms with Gasteiger partial charge in [0.25, 0.3) is 0 Å². The maximum absolute atomic E-state index is 8.65. The Balaban J connectivity index is 2.20. The minimum absolute atomic E-state index is 0.0121. The Labute approximate surface area is 78.1 Å². The van der Waals surface area contributed by atoms with E-state index in [0.29, 0.717) is 13.0 Å². The summed E-state index contributed by atoms with van der Waals surface area (Å²) < 4.78 is 5.39. The zero-order chi connectivity index (χ0) is 9.52. The van der Waals surface area contributed by atoms with Gasteiger partial charge in [0, 0.05) is 6.04 Å². The van der Waals surface area contributed by atoms with Crippen LogP contribution in [0.5, 0.6) is 5.75 Å². The predicted octanol–water partition coefficient (Wildman–Crippen LogP) is 0.775. The lowest BCUT2D eigenvalue weighted by molar-refractivity contribution is 0.230. The van der Waals surface area contributed by atoms with Crippen LogP contribution in [0, 0.1) is 0 Å². The average molecular weight is 181 g/mol. The number of aliphatic hydroxyl groups excluding tert-OH is 1. The number of hydrogen-bond donors (Lipinski definition) is 2. The van der Waals surface area contributed by atoms with Gasteiger partial charge in [0.2, 0.25) is 0 Å². The molecule has 1 unspecified atom stereocenters. The van der Waals surface area contributed by atoms with Crippen LogP contribution in [-0.2, 0) is 0 Å². The summed E-state index contributed by atoms with van der Waals surface area (Å²) in [7, 11) is 0. The predicted molar refractivity (Wildman–Crippen MR) is 51.6 cm³/mol. The summed E-state index contributed by atoms with van der Waals surface area (Å²) >= 11 is 0. The number of rotatable bonds is 5. The van der Waals surface area contributed by atoms with Gasteiger partial charge >= 0.3 is 0 Å². The fourth-order valence-corrected chi connectivity index (χ4v) is 0.936. The van der Waals surface area contributed by atoms with Crippen LogP contribution in [0.4, 0.5) is 0 Å². The highest BCUT2D eigenvalue weighted by molar-refractivity contribution is 5.20. The van der Waals surface area contributed by atoms with E-state index >= 15 is 0 Å². The molecule has 0 bridgehead atoms. The van der Waals surface area contributed by atoms with Gasteiger partial charge in [0.05, 0.1) is 13.2 Å². The fourth-order valence-electron chi connectivity index (χ4n) is 0.936. The second kappa shape index (κ2) is 5.56. The molecule has 3 N–H and O–H groups in total. The van der Waals surface area contributed by atoms with Crippen LogP contribution in [0.3, 0.4) is 0 Å². The molecule has 3 heteroatoms. The normalized spacial score (nSPS) is 12.5. The molecule has 0 aliphatic heterocycles. The summed E-state index contributed by atoms with van der Waals surface area (Å²) in [6.45, 7) is 0.559. The lowest BCUT2D eigenvalue weighted by Gasteiger charge is -2.09. The van der Waals surface area contributed by atoms with Gasteiger partial charge in [-0.15, -0.1) is 0 Å². The minimum atomic E-state index is -0.177. The van der Waals surface area contributed by atoms with Crippen LogP contribution in [0.25, 0.3) is 0 Å². The standard InChI is InChI=1S/C10H15NO2/c11-9(8-12)6-7-13-10-4-2-1-3-5-10/h1-5,9,12H,6-8,11H2. The van der Waals surface area contributed by atoms with E-state index in [1.54, 1.807) is 0 Å². The van der Waals surface area contributed by atoms with Crippen LogP contribution < -0.4 is 10.5 Å². The zero-order valence-electron chi connectivity index (χ0n) is 7.52. The van der Waals surface area contributed by atoms with E-state index in [2.05, 4.69) is 0 Å². The number of nitrogens with two attached hydrogens (primary N) is 1. The molecular weight excluding hydrogens is 166 g/mol. The molecule has 0 saturated heterocycles.